The Morgan fingerprint density at radius 3 is 2.51 bits per heavy atom. The van der Waals surface area contributed by atoms with Crippen LogP contribution < -0.4 is 10.1 Å². The first kappa shape index (κ1) is 29.2. The first-order valence-corrected chi connectivity index (χ1v) is 12.6. The van der Waals surface area contributed by atoms with Crippen LogP contribution in [0.1, 0.15) is 52.5 Å². The van der Waals surface area contributed by atoms with Crippen molar-refractivity contribution < 1.29 is 24.2 Å². The summed E-state index contributed by atoms with van der Waals surface area (Å²) in [6.07, 6.45) is 1.99. The van der Waals surface area contributed by atoms with Gasteiger partial charge in [0.25, 0.3) is 0 Å². The van der Waals surface area contributed by atoms with Gasteiger partial charge in [-0.1, -0.05) is 33.8 Å². The van der Waals surface area contributed by atoms with Crippen molar-refractivity contribution >= 4 is 30.1 Å². The predicted octanol–water partition coefficient (Wildman–Crippen LogP) is 3.95. The Labute approximate surface area is 215 Å². The van der Waals surface area contributed by atoms with E-state index >= 15 is 0 Å². The molecule has 1 aromatic carbocycles. The zero-order valence-electron chi connectivity index (χ0n) is 21.5. The molecule has 0 aromatic heterocycles. The fourth-order valence-corrected chi connectivity index (χ4v) is 4.56. The Morgan fingerprint density at radius 1 is 1.14 bits per heavy atom. The molecule has 2 amide bonds. The van der Waals surface area contributed by atoms with Crippen molar-refractivity contribution in [3.05, 3.63) is 23.8 Å². The molecule has 8 nitrogen and oxygen atoms in total. The third kappa shape index (κ3) is 8.85. The zero-order chi connectivity index (χ0) is 24.7. The van der Waals surface area contributed by atoms with Gasteiger partial charge in [0.2, 0.25) is 5.91 Å². The third-order valence-corrected chi connectivity index (χ3v) is 6.24. The van der Waals surface area contributed by atoms with Crippen LogP contribution in [0.3, 0.4) is 0 Å². The summed E-state index contributed by atoms with van der Waals surface area (Å²) in [5.74, 6) is 1.43. The average Bonchev–Trinajstić information content (AvgIpc) is 2.79. The fraction of sp³-hybridized carbons (Fsp3) is 0.692. The monoisotopic (exact) mass is 511 g/mol. The van der Waals surface area contributed by atoms with E-state index in [2.05, 4.69) is 24.1 Å². The first-order valence-electron chi connectivity index (χ1n) is 12.6. The third-order valence-electron chi connectivity index (χ3n) is 6.24. The second kappa shape index (κ2) is 13.9. The van der Waals surface area contributed by atoms with Crippen molar-refractivity contribution in [3.63, 3.8) is 0 Å². The molecular formula is C26H42ClN3O5. The number of halogens is 1. The fourth-order valence-electron chi connectivity index (χ4n) is 4.56. The van der Waals surface area contributed by atoms with Gasteiger partial charge in [0, 0.05) is 49.9 Å². The number of carbonyl (C=O) groups is 2. The molecule has 1 atom stereocenters. The number of ether oxygens (including phenoxy) is 2. The lowest BCUT2D eigenvalue weighted by atomic mass is 10.0. The summed E-state index contributed by atoms with van der Waals surface area (Å²) >= 11 is 0. The van der Waals surface area contributed by atoms with Crippen LogP contribution in [0.2, 0.25) is 0 Å². The van der Waals surface area contributed by atoms with E-state index in [9.17, 15) is 14.7 Å². The van der Waals surface area contributed by atoms with Crippen LogP contribution in [0.15, 0.2) is 18.2 Å². The molecule has 0 spiro atoms. The molecule has 0 saturated carbocycles. The molecule has 0 aliphatic carbocycles. The smallest absolute Gasteiger partial charge is 0.410 e. The second-order valence-corrected chi connectivity index (χ2v) is 10.3. The number of carbonyl (C=O) groups excluding carboxylic acids is 2. The van der Waals surface area contributed by atoms with Crippen molar-refractivity contribution in [2.75, 3.05) is 44.7 Å². The van der Waals surface area contributed by atoms with Crippen LogP contribution in [-0.4, -0.2) is 78.4 Å². The molecule has 2 aliphatic heterocycles. The summed E-state index contributed by atoms with van der Waals surface area (Å²) in [7, 11) is 0. The van der Waals surface area contributed by atoms with Crippen molar-refractivity contribution in [1.29, 1.82) is 0 Å². The summed E-state index contributed by atoms with van der Waals surface area (Å²) in [6.45, 7) is 11.8. The molecule has 1 aromatic rings. The van der Waals surface area contributed by atoms with E-state index in [4.69, 9.17) is 9.47 Å². The number of β-amino-alcohol motifs (C(OH)–C–C–N with tert-alkyl or cyclic N) is 1. The van der Waals surface area contributed by atoms with Gasteiger partial charge in [0.15, 0.2) is 0 Å². The number of anilines is 1. The molecule has 2 aliphatic rings. The summed E-state index contributed by atoms with van der Waals surface area (Å²) in [5.41, 5.74) is 1.79. The van der Waals surface area contributed by atoms with E-state index in [1.165, 1.54) is 0 Å². The Morgan fingerprint density at radius 2 is 1.86 bits per heavy atom. The average molecular weight is 512 g/mol. The van der Waals surface area contributed by atoms with Crippen LogP contribution >= 0.6 is 12.4 Å². The van der Waals surface area contributed by atoms with Crippen LogP contribution in [0.25, 0.3) is 0 Å². The van der Waals surface area contributed by atoms with Gasteiger partial charge in [-0.05, 0) is 43.2 Å². The quantitative estimate of drug-likeness (QED) is 0.494. The number of aliphatic hydroxyl groups is 1. The van der Waals surface area contributed by atoms with Crippen molar-refractivity contribution in [2.24, 2.45) is 11.8 Å². The summed E-state index contributed by atoms with van der Waals surface area (Å²) < 4.78 is 11.5. The minimum absolute atomic E-state index is 0. The van der Waals surface area contributed by atoms with Crippen molar-refractivity contribution in [2.45, 2.75) is 65.5 Å². The standard InChI is InChI=1S/C26H41N3O5.ClH/c1-18(2)14-29(26(32)34-16-19(3)4)20-10-12-28(13-11-20)15-21(30)17-33-24-7-5-6-23-22(24)8-9-25(31)27-23;/h5-7,18-21,30H,8-17H2,1-4H3,(H,27,31);1H. The number of piperidine rings is 1. The predicted molar refractivity (Wildman–Crippen MR) is 139 cm³/mol. The number of amides is 2. The molecule has 35 heavy (non-hydrogen) atoms. The topological polar surface area (TPSA) is 91.3 Å². The Bertz CT molecular complexity index is 827. The van der Waals surface area contributed by atoms with Gasteiger partial charge in [-0.25, -0.2) is 4.79 Å². The number of aliphatic hydroxyl groups excluding tert-OH is 1. The van der Waals surface area contributed by atoms with Crippen LogP contribution in [0, 0.1) is 11.8 Å². The van der Waals surface area contributed by atoms with Crippen LogP contribution in [-0.2, 0) is 16.0 Å². The van der Waals surface area contributed by atoms with E-state index in [1.54, 1.807) is 0 Å². The van der Waals surface area contributed by atoms with E-state index in [0.29, 0.717) is 44.4 Å². The van der Waals surface area contributed by atoms with Gasteiger partial charge in [0.05, 0.1) is 6.61 Å². The van der Waals surface area contributed by atoms with E-state index in [-0.39, 0.29) is 37.1 Å². The maximum atomic E-state index is 12.7. The molecule has 1 saturated heterocycles. The van der Waals surface area contributed by atoms with Crippen LogP contribution in [0.5, 0.6) is 5.75 Å². The molecular weight excluding hydrogens is 470 g/mol. The van der Waals surface area contributed by atoms with E-state index in [1.807, 2.05) is 36.9 Å². The maximum Gasteiger partial charge on any atom is 0.410 e. The highest BCUT2D eigenvalue weighted by atomic mass is 35.5. The van der Waals surface area contributed by atoms with E-state index in [0.717, 1.165) is 42.9 Å². The summed E-state index contributed by atoms with van der Waals surface area (Å²) in [4.78, 5) is 28.4. The highest BCUT2D eigenvalue weighted by molar-refractivity contribution is 5.94. The molecule has 9 heteroatoms. The van der Waals surface area contributed by atoms with Gasteiger partial charge >= 0.3 is 6.09 Å². The molecule has 1 unspecified atom stereocenters. The molecule has 198 valence electrons. The minimum Gasteiger partial charge on any atom is -0.490 e. The number of nitrogens with one attached hydrogen (secondary N) is 1. The highest BCUT2D eigenvalue weighted by Gasteiger charge is 2.30. The zero-order valence-corrected chi connectivity index (χ0v) is 22.3. The molecule has 0 radical (unpaired) electrons. The van der Waals surface area contributed by atoms with Gasteiger partial charge < -0.3 is 29.7 Å². The van der Waals surface area contributed by atoms with Crippen molar-refractivity contribution in [1.82, 2.24) is 9.80 Å². The Hall–Kier alpha value is -2.03. The number of hydrogen-bond acceptors (Lipinski definition) is 6. The number of benzene rings is 1. The lowest BCUT2D eigenvalue weighted by Gasteiger charge is -2.39. The molecule has 0 bridgehead atoms. The molecule has 2 heterocycles. The molecule has 3 rings (SSSR count). The molecule has 1 fully saturated rings. The normalized spacial score (nSPS) is 17.4. The van der Waals surface area contributed by atoms with Gasteiger partial charge in [-0.2, -0.15) is 0 Å². The van der Waals surface area contributed by atoms with E-state index < -0.39 is 6.10 Å². The highest BCUT2D eigenvalue weighted by Crippen LogP contribution is 2.31. The first-order chi connectivity index (χ1) is 16.2. The van der Waals surface area contributed by atoms with Gasteiger partial charge in [0.1, 0.15) is 18.5 Å². The lowest BCUT2D eigenvalue weighted by molar-refractivity contribution is -0.116. The van der Waals surface area contributed by atoms with Gasteiger partial charge in [-0.3, -0.25) is 4.79 Å². The number of likely N-dealkylation sites (tertiary alicyclic amines) is 1. The Kier molecular flexibility index (Phi) is 11.6. The lowest BCUT2D eigenvalue weighted by Crippen LogP contribution is -2.50. The number of rotatable bonds is 10. The van der Waals surface area contributed by atoms with Gasteiger partial charge in [-0.15, -0.1) is 12.4 Å². The largest absolute Gasteiger partial charge is 0.490 e. The second-order valence-electron chi connectivity index (χ2n) is 10.3. The summed E-state index contributed by atoms with van der Waals surface area (Å²) in [5, 5.41) is 13.5. The molecule has 2 N–H and O–H groups in total. The summed E-state index contributed by atoms with van der Waals surface area (Å²) in [6, 6.07) is 5.78. The van der Waals surface area contributed by atoms with Crippen LogP contribution in [0.4, 0.5) is 10.5 Å². The number of hydrogen-bond donors (Lipinski definition) is 2. The van der Waals surface area contributed by atoms with Crippen molar-refractivity contribution in [3.8, 4) is 5.75 Å². The Balaban J connectivity index is 0.00000432. The number of fused-ring (bicyclic) bond motifs is 1. The SMILES string of the molecule is CC(C)COC(=O)N(CC(C)C)C1CCN(CC(O)COc2cccc3c2CCC(=O)N3)CC1.Cl. The minimum atomic E-state index is -0.617. The number of nitrogens with zero attached hydrogens (tertiary/aromatic N) is 2. The maximum absolute atomic E-state index is 12.7.